The van der Waals surface area contributed by atoms with E-state index in [1.807, 2.05) is 6.07 Å². The van der Waals surface area contributed by atoms with Gasteiger partial charge in [-0.25, -0.2) is 9.59 Å². The second kappa shape index (κ2) is 9.17. The molecule has 2 amide bonds. The minimum Gasteiger partial charge on any atom is -0.479 e. The fraction of sp³-hybridized carbons (Fsp3) is 0.353. The Morgan fingerprint density at radius 2 is 1.84 bits per heavy atom. The van der Waals surface area contributed by atoms with Crippen molar-refractivity contribution in [1.29, 1.82) is 5.26 Å². The van der Waals surface area contributed by atoms with E-state index in [-0.39, 0.29) is 19.4 Å². The lowest BCUT2D eigenvalue weighted by Gasteiger charge is -2.24. The molecule has 1 unspecified atom stereocenters. The average molecular weight is 346 g/mol. The molecule has 0 heterocycles. The molecule has 1 aromatic carbocycles. The van der Waals surface area contributed by atoms with Crippen LogP contribution in [0.5, 0.6) is 0 Å². The van der Waals surface area contributed by atoms with Gasteiger partial charge in [0, 0.05) is 13.3 Å². The van der Waals surface area contributed by atoms with E-state index in [0.717, 1.165) is 12.5 Å². The van der Waals surface area contributed by atoms with E-state index in [1.54, 1.807) is 24.3 Å². The minimum atomic E-state index is -2.01. The zero-order valence-corrected chi connectivity index (χ0v) is 13.9. The molecule has 1 atom stereocenters. The number of aryl methyl sites for hydroxylation is 1. The first-order valence-corrected chi connectivity index (χ1v) is 7.52. The molecule has 0 radical (unpaired) electrons. The lowest BCUT2D eigenvalue weighted by Crippen LogP contribution is -2.52. The van der Waals surface area contributed by atoms with Gasteiger partial charge < -0.3 is 9.84 Å². The molecule has 1 rings (SSSR count). The van der Waals surface area contributed by atoms with Crippen LogP contribution in [0.15, 0.2) is 24.3 Å². The highest BCUT2D eigenvalue weighted by molar-refractivity contribution is 6.08. The molecule has 0 spiro atoms. The number of nitriles is 1. The summed E-state index contributed by atoms with van der Waals surface area (Å²) in [7, 11) is 0. The van der Waals surface area contributed by atoms with Crippen molar-refractivity contribution < 1.29 is 29.0 Å². The van der Waals surface area contributed by atoms with Crippen molar-refractivity contribution in [1.82, 2.24) is 4.90 Å². The summed E-state index contributed by atoms with van der Waals surface area (Å²) in [6, 6.07) is 6.44. The van der Waals surface area contributed by atoms with Crippen molar-refractivity contribution in [3.63, 3.8) is 0 Å². The predicted octanol–water partition coefficient (Wildman–Crippen LogP) is 0.882. The van der Waals surface area contributed by atoms with Crippen LogP contribution in [0.1, 0.15) is 31.4 Å². The quantitative estimate of drug-likeness (QED) is 0.574. The van der Waals surface area contributed by atoms with Crippen LogP contribution in [0.2, 0.25) is 0 Å². The molecule has 0 fully saturated rings. The van der Waals surface area contributed by atoms with Crippen molar-refractivity contribution in [2.24, 2.45) is 0 Å². The highest BCUT2D eigenvalue weighted by atomic mass is 16.5. The third-order valence-electron chi connectivity index (χ3n) is 3.32. The fourth-order valence-electron chi connectivity index (χ4n) is 2.16. The first-order valence-electron chi connectivity index (χ1n) is 7.52. The third-order valence-corrected chi connectivity index (χ3v) is 3.32. The molecule has 8 heteroatoms. The van der Waals surface area contributed by atoms with Crippen LogP contribution >= 0.6 is 0 Å². The van der Waals surface area contributed by atoms with Gasteiger partial charge in [0.2, 0.25) is 17.9 Å². The van der Waals surface area contributed by atoms with Gasteiger partial charge in [0.25, 0.3) is 0 Å². The van der Waals surface area contributed by atoms with Crippen LogP contribution in [0.3, 0.4) is 0 Å². The maximum Gasteiger partial charge on any atom is 0.341 e. The van der Waals surface area contributed by atoms with Gasteiger partial charge in [0.15, 0.2) is 0 Å². The monoisotopic (exact) mass is 346 g/mol. The van der Waals surface area contributed by atoms with E-state index in [0.29, 0.717) is 10.5 Å². The Kier molecular flexibility index (Phi) is 7.28. The molecule has 25 heavy (non-hydrogen) atoms. The summed E-state index contributed by atoms with van der Waals surface area (Å²) in [5, 5.41) is 17.9. The highest BCUT2D eigenvalue weighted by Gasteiger charge is 2.39. The third kappa shape index (κ3) is 5.42. The molecular weight excluding hydrogens is 328 g/mol. The van der Waals surface area contributed by atoms with Crippen molar-refractivity contribution >= 4 is 23.8 Å². The zero-order valence-electron chi connectivity index (χ0n) is 13.9. The number of benzene rings is 1. The molecule has 0 aromatic heterocycles. The summed E-state index contributed by atoms with van der Waals surface area (Å²) in [6.45, 7) is 2.42. The topological polar surface area (TPSA) is 125 Å². The van der Waals surface area contributed by atoms with E-state index in [2.05, 4.69) is 4.74 Å². The summed E-state index contributed by atoms with van der Waals surface area (Å²) in [6.07, 6.45) is 0.0537. The number of ether oxygens (including phenoxy) is 1. The standard InChI is InChI=1S/C17H18N2O6/c1-3-25-17(24)15(16(22)23)19(11(2)20)14(21)9-8-12-4-6-13(10-18)7-5-12/h4-7,15H,3,8-9H2,1-2H3,(H,22,23). The number of carbonyl (C=O) groups is 4. The Bertz CT molecular complexity index is 705. The summed E-state index contributed by atoms with van der Waals surface area (Å²) in [5.41, 5.74) is 1.20. The van der Waals surface area contributed by atoms with E-state index in [4.69, 9.17) is 5.26 Å². The van der Waals surface area contributed by atoms with Crippen LogP contribution in [0.25, 0.3) is 0 Å². The second-order valence-corrected chi connectivity index (χ2v) is 5.08. The largest absolute Gasteiger partial charge is 0.479 e. The Labute approximate surface area is 144 Å². The molecule has 0 aliphatic carbocycles. The lowest BCUT2D eigenvalue weighted by atomic mass is 10.1. The summed E-state index contributed by atoms with van der Waals surface area (Å²) < 4.78 is 4.64. The van der Waals surface area contributed by atoms with E-state index in [1.165, 1.54) is 6.92 Å². The van der Waals surface area contributed by atoms with Crippen LogP contribution < -0.4 is 0 Å². The van der Waals surface area contributed by atoms with Gasteiger partial charge in [0.05, 0.1) is 18.2 Å². The molecule has 0 aliphatic rings. The Morgan fingerprint density at radius 3 is 2.28 bits per heavy atom. The normalized spacial score (nSPS) is 11.1. The molecule has 8 nitrogen and oxygen atoms in total. The van der Waals surface area contributed by atoms with E-state index >= 15 is 0 Å². The number of hydrogen-bond donors (Lipinski definition) is 1. The van der Waals surface area contributed by atoms with Gasteiger partial charge in [-0.2, -0.15) is 5.26 Å². The molecular formula is C17H18N2O6. The maximum absolute atomic E-state index is 12.3. The van der Waals surface area contributed by atoms with Crippen LogP contribution in [-0.2, 0) is 30.3 Å². The number of rotatable bonds is 7. The van der Waals surface area contributed by atoms with Gasteiger partial charge >= 0.3 is 11.9 Å². The molecule has 132 valence electrons. The fourth-order valence-corrected chi connectivity index (χ4v) is 2.16. The molecule has 0 bridgehead atoms. The SMILES string of the molecule is CCOC(=O)C(C(=O)O)N(C(C)=O)C(=O)CCc1ccc(C#N)cc1. The summed E-state index contributed by atoms with van der Waals surface area (Å²) >= 11 is 0. The van der Waals surface area contributed by atoms with Crippen LogP contribution in [-0.4, -0.2) is 46.4 Å². The molecule has 1 N–H and O–H groups in total. The number of imide groups is 1. The molecule has 0 saturated carbocycles. The van der Waals surface area contributed by atoms with Gasteiger partial charge in [-0.15, -0.1) is 0 Å². The number of carbonyl (C=O) groups excluding carboxylic acids is 3. The Hall–Kier alpha value is -3.21. The first kappa shape index (κ1) is 19.8. The number of aliphatic carboxylic acids is 1. The highest BCUT2D eigenvalue weighted by Crippen LogP contribution is 2.11. The summed E-state index contributed by atoms with van der Waals surface area (Å²) in [5.74, 6) is -4.46. The number of nitrogens with zero attached hydrogens (tertiary/aromatic N) is 2. The first-order chi connectivity index (χ1) is 11.8. The summed E-state index contributed by atoms with van der Waals surface area (Å²) in [4.78, 5) is 47.6. The average Bonchev–Trinajstić information content (AvgIpc) is 2.57. The number of carboxylic acid groups (broad SMARTS) is 1. The number of carboxylic acids is 1. The van der Waals surface area contributed by atoms with Crippen molar-refractivity contribution in [2.45, 2.75) is 32.7 Å². The molecule has 1 aromatic rings. The lowest BCUT2D eigenvalue weighted by molar-refractivity contribution is -0.169. The minimum absolute atomic E-state index is 0.0756. The van der Waals surface area contributed by atoms with Crippen molar-refractivity contribution in [3.8, 4) is 6.07 Å². The zero-order chi connectivity index (χ0) is 19.0. The van der Waals surface area contributed by atoms with Gasteiger partial charge in [0.1, 0.15) is 0 Å². The Morgan fingerprint density at radius 1 is 1.24 bits per heavy atom. The van der Waals surface area contributed by atoms with E-state index in [9.17, 15) is 24.3 Å². The van der Waals surface area contributed by atoms with Gasteiger partial charge in [-0.3, -0.25) is 14.5 Å². The van der Waals surface area contributed by atoms with E-state index < -0.39 is 29.8 Å². The molecule has 0 aliphatic heterocycles. The van der Waals surface area contributed by atoms with Gasteiger partial charge in [-0.05, 0) is 31.0 Å². The number of esters is 1. The van der Waals surface area contributed by atoms with Gasteiger partial charge in [-0.1, -0.05) is 12.1 Å². The smallest absolute Gasteiger partial charge is 0.341 e. The molecule has 0 saturated heterocycles. The number of amides is 2. The van der Waals surface area contributed by atoms with Crippen molar-refractivity contribution in [2.75, 3.05) is 6.61 Å². The Balaban J connectivity index is 2.90. The predicted molar refractivity (Wildman–Crippen MR) is 85.1 cm³/mol. The second-order valence-electron chi connectivity index (χ2n) is 5.08. The van der Waals surface area contributed by atoms with Crippen LogP contribution in [0.4, 0.5) is 0 Å². The maximum atomic E-state index is 12.3. The van der Waals surface area contributed by atoms with Crippen LogP contribution in [0, 0.1) is 11.3 Å². The van der Waals surface area contributed by atoms with Crippen molar-refractivity contribution in [3.05, 3.63) is 35.4 Å². The number of hydrogen-bond acceptors (Lipinski definition) is 6.